The Balaban J connectivity index is 3.35. The van der Waals surface area contributed by atoms with Gasteiger partial charge in [0.15, 0.2) is 5.15 Å². The summed E-state index contributed by atoms with van der Waals surface area (Å²) >= 11 is 5.68. The lowest BCUT2D eigenvalue weighted by atomic mass is 10.3. The Morgan fingerprint density at radius 1 is 1.55 bits per heavy atom. The molecule has 0 aliphatic heterocycles. The molecule has 1 rings (SSSR count). The van der Waals surface area contributed by atoms with Crippen LogP contribution < -0.4 is 0 Å². The fourth-order valence-electron chi connectivity index (χ4n) is 0.665. The zero-order valence-corrected chi connectivity index (χ0v) is 6.54. The summed E-state index contributed by atoms with van der Waals surface area (Å²) in [4.78, 5) is 11.3. The van der Waals surface area contributed by atoms with Gasteiger partial charge in [-0.15, -0.1) is 0 Å². The SMILES string of the molecule is C=Cc1ncnc(Cl)c1N=C. The van der Waals surface area contributed by atoms with Gasteiger partial charge in [0.2, 0.25) is 0 Å². The lowest BCUT2D eigenvalue weighted by molar-refractivity contribution is 1.14. The second-order valence-corrected chi connectivity index (χ2v) is 2.12. The van der Waals surface area contributed by atoms with E-state index in [0.29, 0.717) is 16.5 Å². The van der Waals surface area contributed by atoms with Crippen molar-refractivity contribution in [1.82, 2.24) is 9.97 Å². The Morgan fingerprint density at radius 3 is 2.73 bits per heavy atom. The lowest BCUT2D eigenvalue weighted by Crippen LogP contribution is -1.84. The van der Waals surface area contributed by atoms with Crippen molar-refractivity contribution in [2.45, 2.75) is 0 Å². The first kappa shape index (κ1) is 7.88. The maximum Gasteiger partial charge on any atom is 0.158 e. The highest BCUT2D eigenvalue weighted by Crippen LogP contribution is 2.24. The summed E-state index contributed by atoms with van der Waals surface area (Å²) in [5.74, 6) is 0. The van der Waals surface area contributed by atoms with Gasteiger partial charge in [0, 0.05) is 0 Å². The monoisotopic (exact) mass is 167 g/mol. The zero-order valence-electron chi connectivity index (χ0n) is 5.79. The van der Waals surface area contributed by atoms with Crippen LogP contribution in [0.4, 0.5) is 5.69 Å². The normalized spacial score (nSPS) is 9.18. The first-order valence-corrected chi connectivity index (χ1v) is 3.27. The molecule has 0 spiro atoms. The second-order valence-electron chi connectivity index (χ2n) is 1.76. The van der Waals surface area contributed by atoms with Crippen molar-refractivity contribution < 1.29 is 0 Å². The molecule has 0 radical (unpaired) electrons. The molecule has 56 valence electrons. The van der Waals surface area contributed by atoms with Crippen LogP contribution in [0.5, 0.6) is 0 Å². The summed E-state index contributed by atoms with van der Waals surface area (Å²) < 4.78 is 0. The van der Waals surface area contributed by atoms with E-state index in [9.17, 15) is 0 Å². The molecular formula is C7H6ClN3. The van der Waals surface area contributed by atoms with E-state index < -0.39 is 0 Å². The number of aromatic nitrogens is 2. The van der Waals surface area contributed by atoms with Crippen molar-refractivity contribution in [3.05, 3.63) is 23.8 Å². The van der Waals surface area contributed by atoms with Crippen LogP contribution in [0, 0.1) is 0 Å². The highest BCUT2D eigenvalue weighted by atomic mass is 35.5. The molecule has 1 aromatic rings. The molecule has 0 unspecified atom stereocenters. The summed E-state index contributed by atoms with van der Waals surface area (Å²) in [6.45, 7) is 6.88. The molecule has 0 amide bonds. The first-order chi connectivity index (χ1) is 5.29. The Bertz CT molecular complexity index is 296. The van der Waals surface area contributed by atoms with Crippen LogP contribution >= 0.6 is 11.6 Å². The Hall–Kier alpha value is -1.22. The molecule has 0 aliphatic rings. The molecule has 0 fully saturated rings. The predicted octanol–water partition coefficient (Wildman–Crippen LogP) is 2.11. The van der Waals surface area contributed by atoms with Gasteiger partial charge in [-0.1, -0.05) is 18.2 Å². The maximum absolute atomic E-state index is 5.68. The predicted molar refractivity (Wildman–Crippen MR) is 46.3 cm³/mol. The largest absolute Gasteiger partial charge is 0.259 e. The third-order valence-electron chi connectivity index (χ3n) is 1.16. The number of hydrogen-bond donors (Lipinski definition) is 0. The molecule has 1 aromatic heterocycles. The van der Waals surface area contributed by atoms with Crippen molar-refractivity contribution in [3.8, 4) is 0 Å². The van der Waals surface area contributed by atoms with E-state index in [1.165, 1.54) is 6.33 Å². The van der Waals surface area contributed by atoms with Gasteiger partial charge >= 0.3 is 0 Å². The van der Waals surface area contributed by atoms with Crippen molar-refractivity contribution in [1.29, 1.82) is 0 Å². The van der Waals surface area contributed by atoms with Crippen LogP contribution in [0.1, 0.15) is 5.69 Å². The first-order valence-electron chi connectivity index (χ1n) is 2.89. The molecule has 0 saturated heterocycles. The number of aliphatic imine (C=N–C) groups is 1. The topological polar surface area (TPSA) is 38.1 Å². The number of hydrogen-bond acceptors (Lipinski definition) is 3. The highest BCUT2D eigenvalue weighted by Gasteiger charge is 2.03. The Morgan fingerprint density at radius 2 is 2.27 bits per heavy atom. The Labute approximate surface area is 69.5 Å². The standard InChI is InChI=1S/C7H6ClN3/c1-3-5-6(9-2)7(8)11-4-10-5/h3-4H,1-2H2. The molecule has 0 atom stereocenters. The fourth-order valence-corrected chi connectivity index (χ4v) is 0.866. The van der Waals surface area contributed by atoms with E-state index in [4.69, 9.17) is 11.6 Å². The van der Waals surface area contributed by atoms with Gasteiger partial charge in [-0.05, 0) is 12.8 Å². The molecule has 0 aliphatic carbocycles. The third kappa shape index (κ3) is 1.43. The van der Waals surface area contributed by atoms with E-state index in [2.05, 4.69) is 28.3 Å². The summed E-state index contributed by atoms with van der Waals surface area (Å²) in [6, 6.07) is 0. The minimum Gasteiger partial charge on any atom is -0.259 e. The molecule has 3 nitrogen and oxygen atoms in total. The second kappa shape index (κ2) is 3.25. The van der Waals surface area contributed by atoms with Crippen LogP contribution in [0.3, 0.4) is 0 Å². The van der Waals surface area contributed by atoms with E-state index in [1.807, 2.05) is 0 Å². The molecule has 0 N–H and O–H groups in total. The van der Waals surface area contributed by atoms with Crippen molar-refractivity contribution in [2.24, 2.45) is 4.99 Å². The molecule has 4 heteroatoms. The van der Waals surface area contributed by atoms with Crippen molar-refractivity contribution in [2.75, 3.05) is 0 Å². The van der Waals surface area contributed by atoms with E-state index in [1.54, 1.807) is 6.08 Å². The average Bonchev–Trinajstić information content (AvgIpc) is 2.04. The summed E-state index contributed by atoms with van der Waals surface area (Å²) in [5.41, 5.74) is 1.07. The van der Waals surface area contributed by atoms with Crippen molar-refractivity contribution >= 4 is 30.1 Å². The van der Waals surface area contributed by atoms with Crippen LogP contribution in [0.2, 0.25) is 5.15 Å². The van der Waals surface area contributed by atoms with Crippen LogP contribution in [-0.4, -0.2) is 16.7 Å². The summed E-state index contributed by atoms with van der Waals surface area (Å²) in [5, 5.41) is 0.296. The fraction of sp³-hybridized carbons (Fsp3) is 0. The number of halogens is 1. The van der Waals surface area contributed by atoms with Gasteiger partial charge in [0.25, 0.3) is 0 Å². The smallest absolute Gasteiger partial charge is 0.158 e. The summed E-state index contributed by atoms with van der Waals surface area (Å²) in [6.07, 6.45) is 2.91. The Kier molecular flexibility index (Phi) is 2.33. The summed E-state index contributed by atoms with van der Waals surface area (Å²) in [7, 11) is 0. The van der Waals surface area contributed by atoms with Gasteiger partial charge < -0.3 is 0 Å². The average molecular weight is 168 g/mol. The van der Waals surface area contributed by atoms with E-state index >= 15 is 0 Å². The molecule has 0 bridgehead atoms. The van der Waals surface area contributed by atoms with Gasteiger partial charge in [-0.25, -0.2) is 9.97 Å². The van der Waals surface area contributed by atoms with E-state index in [-0.39, 0.29) is 0 Å². The van der Waals surface area contributed by atoms with Crippen LogP contribution in [0.25, 0.3) is 6.08 Å². The van der Waals surface area contributed by atoms with Crippen molar-refractivity contribution in [3.63, 3.8) is 0 Å². The highest BCUT2D eigenvalue weighted by molar-refractivity contribution is 6.32. The number of nitrogens with zero attached hydrogens (tertiary/aromatic N) is 3. The van der Waals surface area contributed by atoms with Crippen LogP contribution in [-0.2, 0) is 0 Å². The van der Waals surface area contributed by atoms with Gasteiger partial charge in [-0.3, -0.25) is 4.99 Å². The van der Waals surface area contributed by atoms with Gasteiger partial charge in [-0.2, -0.15) is 0 Å². The van der Waals surface area contributed by atoms with E-state index in [0.717, 1.165) is 0 Å². The molecule has 0 saturated carbocycles. The minimum atomic E-state index is 0.296. The molecule has 1 heterocycles. The third-order valence-corrected chi connectivity index (χ3v) is 1.43. The van der Waals surface area contributed by atoms with Gasteiger partial charge in [0.1, 0.15) is 12.0 Å². The lowest BCUT2D eigenvalue weighted by Gasteiger charge is -1.98. The zero-order chi connectivity index (χ0) is 8.27. The minimum absolute atomic E-state index is 0.296. The number of rotatable bonds is 2. The van der Waals surface area contributed by atoms with Gasteiger partial charge in [0.05, 0.1) is 5.69 Å². The maximum atomic E-state index is 5.68. The molecule has 11 heavy (non-hydrogen) atoms. The quantitative estimate of drug-likeness (QED) is 0.500. The van der Waals surface area contributed by atoms with Crippen LogP contribution in [0.15, 0.2) is 17.9 Å². The molecule has 0 aromatic carbocycles. The molecular weight excluding hydrogens is 162 g/mol.